The van der Waals surface area contributed by atoms with Gasteiger partial charge in [-0.05, 0) is 61.9 Å². The van der Waals surface area contributed by atoms with Crippen LogP contribution in [0.2, 0.25) is 10.0 Å². The normalized spacial score (nSPS) is 15.3. The monoisotopic (exact) mass is 431 g/mol. The number of carbonyl (C=O) groups excluding carboxylic acids is 2. The first kappa shape index (κ1) is 21.0. The Balaban J connectivity index is 2.09. The highest BCUT2D eigenvalue weighted by molar-refractivity contribution is 6.36. The van der Waals surface area contributed by atoms with Gasteiger partial charge in [-0.15, -0.1) is 0 Å². The zero-order valence-electron chi connectivity index (χ0n) is 16.2. The molecule has 0 saturated carbocycles. The van der Waals surface area contributed by atoms with Gasteiger partial charge in [-0.2, -0.15) is 0 Å². The van der Waals surface area contributed by atoms with E-state index in [0.717, 1.165) is 0 Å². The third kappa shape index (κ3) is 4.16. The van der Waals surface area contributed by atoms with Gasteiger partial charge in [0.2, 0.25) is 0 Å². The summed E-state index contributed by atoms with van der Waals surface area (Å²) in [6.07, 6.45) is 1.57. The van der Waals surface area contributed by atoms with Gasteiger partial charge in [-0.3, -0.25) is 9.69 Å². The third-order valence-electron chi connectivity index (χ3n) is 4.46. The number of methoxy groups -OCH3 is 1. The van der Waals surface area contributed by atoms with E-state index in [1.807, 2.05) is 6.92 Å². The molecule has 0 atom stereocenters. The van der Waals surface area contributed by atoms with E-state index in [4.69, 9.17) is 32.7 Å². The maximum absolute atomic E-state index is 13.2. The number of esters is 1. The van der Waals surface area contributed by atoms with Crippen molar-refractivity contribution in [3.8, 4) is 5.75 Å². The summed E-state index contributed by atoms with van der Waals surface area (Å²) in [4.78, 5) is 27.2. The first-order valence-corrected chi connectivity index (χ1v) is 9.66. The smallest absolute Gasteiger partial charge is 0.340 e. The highest BCUT2D eigenvalue weighted by Crippen LogP contribution is 2.37. The molecule has 0 fully saturated rings. The van der Waals surface area contributed by atoms with Crippen LogP contribution in [0, 0.1) is 0 Å². The minimum Gasteiger partial charge on any atom is -0.494 e. The average molecular weight is 432 g/mol. The summed E-state index contributed by atoms with van der Waals surface area (Å²) < 4.78 is 10.4. The molecule has 0 spiro atoms. The lowest BCUT2D eigenvalue weighted by Crippen LogP contribution is -2.24. The van der Waals surface area contributed by atoms with E-state index < -0.39 is 5.97 Å². The Morgan fingerprint density at radius 3 is 2.41 bits per heavy atom. The summed E-state index contributed by atoms with van der Waals surface area (Å²) in [5.41, 5.74) is 2.05. The number of halogens is 2. The zero-order valence-corrected chi connectivity index (χ0v) is 17.7. The summed E-state index contributed by atoms with van der Waals surface area (Å²) >= 11 is 12.2. The van der Waals surface area contributed by atoms with Gasteiger partial charge in [0.15, 0.2) is 0 Å². The largest absolute Gasteiger partial charge is 0.494 e. The van der Waals surface area contributed by atoms with E-state index in [9.17, 15) is 9.59 Å². The Hall–Kier alpha value is -2.76. The van der Waals surface area contributed by atoms with Crippen molar-refractivity contribution in [3.05, 3.63) is 74.9 Å². The van der Waals surface area contributed by atoms with Crippen LogP contribution in [0.5, 0.6) is 5.75 Å². The van der Waals surface area contributed by atoms with Gasteiger partial charge in [0, 0.05) is 21.4 Å². The first-order chi connectivity index (χ1) is 13.9. The van der Waals surface area contributed by atoms with Crippen molar-refractivity contribution in [1.82, 2.24) is 0 Å². The lowest BCUT2D eigenvalue weighted by atomic mass is 10.0. The molecule has 5 nitrogen and oxygen atoms in total. The predicted molar refractivity (Wildman–Crippen MR) is 114 cm³/mol. The van der Waals surface area contributed by atoms with Crippen LogP contribution in [-0.2, 0) is 14.3 Å². The van der Waals surface area contributed by atoms with Crippen LogP contribution in [-0.4, -0.2) is 25.6 Å². The molecule has 7 heteroatoms. The summed E-state index contributed by atoms with van der Waals surface area (Å²) in [7, 11) is 1.28. The molecule has 1 aliphatic rings. The second-order valence-corrected chi connectivity index (χ2v) is 7.09. The van der Waals surface area contributed by atoms with Crippen LogP contribution in [0.4, 0.5) is 5.69 Å². The lowest BCUT2D eigenvalue weighted by molar-refractivity contribution is -0.136. The second-order valence-electron chi connectivity index (χ2n) is 6.24. The molecular weight excluding hydrogens is 413 g/mol. The van der Waals surface area contributed by atoms with Crippen LogP contribution < -0.4 is 9.64 Å². The van der Waals surface area contributed by atoms with Crippen molar-refractivity contribution >= 4 is 46.8 Å². The van der Waals surface area contributed by atoms with Crippen molar-refractivity contribution in [3.63, 3.8) is 0 Å². The molecule has 1 heterocycles. The molecule has 0 N–H and O–H groups in total. The molecule has 2 aromatic carbocycles. The van der Waals surface area contributed by atoms with Crippen LogP contribution in [0.3, 0.4) is 0 Å². The molecule has 0 aromatic heterocycles. The maximum Gasteiger partial charge on any atom is 0.340 e. The standard InChI is InChI=1S/C22H19Cl2NO4/c1-4-29-17-9-7-16(8-10-17)25-13(2)20(22(27)28-3)18(21(25)26)11-14-5-6-15(23)12-19(14)24/h5-12H,4H2,1-3H3/b18-11-. The topological polar surface area (TPSA) is 55.8 Å². The van der Waals surface area contributed by atoms with Gasteiger partial charge >= 0.3 is 5.97 Å². The van der Waals surface area contributed by atoms with E-state index >= 15 is 0 Å². The maximum atomic E-state index is 13.2. The van der Waals surface area contributed by atoms with Gasteiger partial charge in [-0.25, -0.2) is 4.79 Å². The number of hydrogen-bond acceptors (Lipinski definition) is 4. The minimum absolute atomic E-state index is 0.192. The molecule has 150 valence electrons. The van der Waals surface area contributed by atoms with E-state index in [2.05, 4.69) is 0 Å². The number of amides is 1. The number of nitrogens with zero attached hydrogens (tertiary/aromatic N) is 1. The van der Waals surface area contributed by atoms with Crippen LogP contribution >= 0.6 is 23.2 Å². The van der Waals surface area contributed by atoms with Gasteiger partial charge in [0.05, 0.1) is 24.9 Å². The molecule has 0 radical (unpaired) electrons. The number of anilines is 1. The minimum atomic E-state index is -0.597. The molecule has 0 unspecified atom stereocenters. The van der Waals surface area contributed by atoms with E-state index in [1.165, 1.54) is 12.0 Å². The lowest BCUT2D eigenvalue weighted by Gasteiger charge is -2.18. The van der Waals surface area contributed by atoms with E-state index in [1.54, 1.807) is 55.5 Å². The Morgan fingerprint density at radius 1 is 1.14 bits per heavy atom. The highest BCUT2D eigenvalue weighted by Gasteiger charge is 2.38. The summed E-state index contributed by atoms with van der Waals surface area (Å²) in [5, 5.41) is 0.852. The third-order valence-corrected chi connectivity index (χ3v) is 5.02. The fourth-order valence-corrected chi connectivity index (χ4v) is 3.59. The average Bonchev–Trinajstić information content (AvgIpc) is 2.94. The number of carbonyl (C=O) groups is 2. The van der Waals surface area contributed by atoms with Crippen LogP contribution in [0.15, 0.2) is 59.3 Å². The number of hydrogen-bond donors (Lipinski definition) is 0. The molecule has 3 rings (SSSR count). The highest BCUT2D eigenvalue weighted by atomic mass is 35.5. The Labute approximate surface area is 179 Å². The molecular formula is C22H19Cl2NO4. The fourth-order valence-electron chi connectivity index (χ4n) is 3.12. The molecule has 0 saturated heterocycles. The van der Waals surface area contributed by atoms with Crippen molar-refractivity contribution in [2.75, 3.05) is 18.6 Å². The molecule has 0 bridgehead atoms. The first-order valence-electron chi connectivity index (χ1n) is 8.91. The summed E-state index contributed by atoms with van der Waals surface area (Å²) in [5.74, 6) is -0.250. The predicted octanol–water partition coefficient (Wildman–Crippen LogP) is 5.27. The van der Waals surface area contributed by atoms with Gasteiger partial charge in [-0.1, -0.05) is 29.3 Å². The van der Waals surface area contributed by atoms with Gasteiger partial charge in [0.25, 0.3) is 5.91 Å². The number of allylic oxidation sites excluding steroid dienone is 1. The van der Waals surface area contributed by atoms with Crippen molar-refractivity contribution < 1.29 is 19.1 Å². The van der Waals surface area contributed by atoms with E-state index in [-0.39, 0.29) is 17.1 Å². The van der Waals surface area contributed by atoms with Crippen molar-refractivity contribution in [2.24, 2.45) is 0 Å². The fraction of sp³-hybridized carbons (Fsp3) is 0.182. The SMILES string of the molecule is CCOc1ccc(N2C(=O)/C(=C\c3ccc(Cl)cc3Cl)C(C(=O)OC)=C2C)cc1. The summed E-state index contributed by atoms with van der Waals surface area (Å²) in [6.45, 7) is 4.14. The Bertz CT molecular complexity index is 1030. The van der Waals surface area contributed by atoms with Crippen LogP contribution in [0.1, 0.15) is 19.4 Å². The number of rotatable bonds is 5. The van der Waals surface area contributed by atoms with Crippen molar-refractivity contribution in [1.29, 1.82) is 0 Å². The Kier molecular flexibility index (Phi) is 6.30. The zero-order chi connectivity index (χ0) is 21.1. The quantitative estimate of drug-likeness (QED) is 0.477. The molecule has 1 amide bonds. The van der Waals surface area contributed by atoms with E-state index in [0.29, 0.717) is 39.3 Å². The molecule has 1 aliphatic heterocycles. The van der Waals surface area contributed by atoms with Gasteiger partial charge in [0.1, 0.15) is 5.75 Å². The second kappa shape index (κ2) is 8.72. The van der Waals surface area contributed by atoms with Crippen LogP contribution in [0.25, 0.3) is 6.08 Å². The molecule has 0 aliphatic carbocycles. The van der Waals surface area contributed by atoms with Crippen molar-refractivity contribution in [2.45, 2.75) is 13.8 Å². The van der Waals surface area contributed by atoms with Gasteiger partial charge < -0.3 is 9.47 Å². The molecule has 29 heavy (non-hydrogen) atoms. The summed E-state index contributed by atoms with van der Waals surface area (Å²) in [6, 6.07) is 12.0. The molecule has 2 aromatic rings. The number of ether oxygens (including phenoxy) is 2. The Morgan fingerprint density at radius 2 is 1.83 bits per heavy atom. The number of benzene rings is 2.